The molecular weight excluding hydrogens is 435 g/mol. The van der Waals surface area contributed by atoms with E-state index < -0.39 is 6.10 Å². The van der Waals surface area contributed by atoms with Crippen LogP contribution in [0.5, 0.6) is 11.5 Å². The van der Waals surface area contributed by atoms with Gasteiger partial charge in [0.1, 0.15) is 17.3 Å². The van der Waals surface area contributed by atoms with Crippen molar-refractivity contribution in [3.63, 3.8) is 0 Å². The smallest absolute Gasteiger partial charge is 0.264 e. The van der Waals surface area contributed by atoms with Crippen molar-refractivity contribution in [2.75, 3.05) is 12.4 Å². The number of anilines is 1. The molecule has 1 aliphatic rings. The van der Waals surface area contributed by atoms with Gasteiger partial charge in [-0.3, -0.25) is 9.59 Å². The van der Waals surface area contributed by atoms with Gasteiger partial charge in [-0.2, -0.15) is 0 Å². The molecule has 0 spiro atoms. The van der Waals surface area contributed by atoms with Crippen LogP contribution >= 0.6 is 0 Å². The second kappa shape index (κ2) is 10.4. The molecule has 0 radical (unpaired) electrons. The van der Waals surface area contributed by atoms with Crippen molar-refractivity contribution in [3.05, 3.63) is 89.2 Å². The molecule has 6 nitrogen and oxygen atoms in total. The number of fused-ring (bicyclic) bond motifs is 1. The number of benzene rings is 3. The summed E-state index contributed by atoms with van der Waals surface area (Å²) in [7, 11) is 1.61. The average Bonchev–Trinajstić information content (AvgIpc) is 2.97. The third-order valence-corrected chi connectivity index (χ3v) is 5.74. The highest BCUT2D eigenvalue weighted by molar-refractivity contribution is 5.92. The Morgan fingerprint density at radius 3 is 2.47 bits per heavy atom. The highest BCUT2D eigenvalue weighted by Crippen LogP contribution is 2.30. The van der Waals surface area contributed by atoms with Crippen molar-refractivity contribution in [2.45, 2.75) is 39.0 Å². The third kappa shape index (κ3) is 5.54. The second-order valence-electron chi connectivity index (χ2n) is 8.23. The van der Waals surface area contributed by atoms with E-state index in [-0.39, 0.29) is 24.1 Å². The number of hydrogen-bond acceptors (Lipinski definition) is 4. The molecule has 34 heavy (non-hydrogen) atoms. The van der Waals surface area contributed by atoms with Gasteiger partial charge in [0.05, 0.1) is 13.5 Å². The number of amides is 2. The lowest BCUT2D eigenvalue weighted by atomic mass is 10.1. The maximum absolute atomic E-state index is 13.1. The molecule has 0 fully saturated rings. The standard InChI is InChI=1S/C27H27FN2O4/c1-3-24-27(32)30(16-19-6-11-23(33-2)12-7-19)17-20-15-22(10-13-25(20)34-24)29-26(31)14-18-4-8-21(28)9-5-18/h4-13,15,24H,3,14,16-17H2,1-2H3,(H,29,31). The second-order valence-corrected chi connectivity index (χ2v) is 8.23. The maximum Gasteiger partial charge on any atom is 0.264 e. The summed E-state index contributed by atoms with van der Waals surface area (Å²) in [5, 5.41) is 2.88. The highest BCUT2D eigenvalue weighted by atomic mass is 19.1. The van der Waals surface area contributed by atoms with Gasteiger partial charge >= 0.3 is 0 Å². The molecule has 1 N–H and O–H groups in total. The number of carbonyl (C=O) groups is 2. The van der Waals surface area contributed by atoms with Crippen molar-refractivity contribution < 1.29 is 23.5 Å². The monoisotopic (exact) mass is 462 g/mol. The Morgan fingerprint density at radius 1 is 1.09 bits per heavy atom. The molecule has 3 aromatic carbocycles. The van der Waals surface area contributed by atoms with Gasteiger partial charge in [0, 0.05) is 24.3 Å². The van der Waals surface area contributed by atoms with E-state index in [1.165, 1.54) is 12.1 Å². The molecule has 0 saturated heterocycles. The molecule has 2 amide bonds. The van der Waals surface area contributed by atoms with Crippen molar-refractivity contribution in [1.82, 2.24) is 4.90 Å². The van der Waals surface area contributed by atoms with Crippen LogP contribution in [0.1, 0.15) is 30.0 Å². The normalized spacial score (nSPS) is 15.2. The van der Waals surface area contributed by atoms with Crippen molar-refractivity contribution >= 4 is 17.5 Å². The number of methoxy groups -OCH3 is 1. The Kier molecular flexibility index (Phi) is 7.11. The van der Waals surface area contributed by atoms with Crippen LogP contribution in [0.2, 0.25) is 0 Å². The molecule has 0 aromatic heterocycles. The first-order valence-corrected chi connectivity index (χ1v) is 11.2. The molecule has 1 unspecified atom stereocenters. The van der Waals surface area contributed by atoms with Gasteiger partial charge in [-0.15, -0.1) is 0 Å². The van der Waals surface area contributed by atoms with E-state index in [1.54, 1.807) is 36.3 Å². The van der Waals surface area contributed by atoms with E-state index in [9.17, 15) is 14.0 Å². The fourth-order valence-electron chi connectivity index (χ4n) is 3.92. The maximum atomic E-state index is 13.1. The number of ether oxygens (including phenoxy) is 2. The molecule has 176 valence electrons. The van der Waals surface area contributed by atoms with Crippen molar-refractivity contribution in [1.29, 1.82) is 0 Å². The lowest BCUT2D eigenvalue weighted by Gasteiger charge is -2.23. The fourth-order valence-corrected chi connectivity index (χ4v) is 3.92. The summed E-state index contributed by atoms with van der Waals surface area (Å²) in [5.74, 6) is 0.769. The lowest BCUT2D eigenvalue weighted by Crippen LogP contribution is -2.38. The molecule has 0 saturated carbocycles. The van der Waals surface area contributed by atoms with Gasteiger partial charge in [-0.05, 0) is 60.0 Å². The summed E-state index contributed by atoms with van der Waals surface area (Å²) in [5.41, 5.74) is 3.13. The number of nitrogens with one attached hydrogen (secondary N) is 1. The Labute approximate surface area is 198 Å². The zero-order valence-corrected chi connectivity index (χ0v) is 19.2. The van der Waals surface area contributed by atoms with Crippen molar-refractivity contribution in [2.24, 2.45) is 0 Å². The Balaban J connectivity index is 1.51. The number of halogens is 1. The number of hydrogen-bond donors (Lipinski definition) is 1. The molecule has 1 atom stereocenters. The summed E-state index contributed by atoms with van der Waals surface area (Å²) < 4.78 is 24.3. The zero-order chi connectivity index (χ0) is 24.1. The van der Waals surface area contributed by atoms with Crippen LogP contribution in [0, 0.1) is 5.82 Å². The number of carbonyl (C=O) groups excluding carboxylic acids is 2. The molecule has 0 aliphatic carbocycles. The average molecular weight is 463 g/mol. The van der Waals surface area contributed by atoms with Gasteiger partial charge in [0.25, 0.3) is 5.91 Å². The van der Waals surface area contributed by atoms with Gasteiger partial charge in [-0.1, -0.05) is 31.2 Å². The molecule has 4 rings (SSSR count). The molecular formula is C27H27FN2O4. The summed E-state index contributed by atoms with van der Waals surface area (Å²) in [6.45, 7) is 2.71. The summed E-state index contributed by atoms with van der Waals surface area (Å²) in [6.07, 6.45) is 0.111. The van der Waals surface area contributed by atoms with E-state index in [1.807, 2.05) is 37.3 Å². The zero-order valence-electron chi connectivity index (χ0n) is 19.2. The van der Waals surface area contributed by atoms with E-state index in [0.29, 0.717) is 30.9 Å². The van der Waals surface area contributed by atoms with Crippen molar-refractivity contribution in [3.8, 4) is 11.5 Å². The van der Waals surface area contributed by atoms with E-state index >= 15 is 0 Å². The Hall–Kier alpha value is -3.87. The minimum atomic E-state index is -0.571. The minimum absolute atomic E-state index is 0.0728. The van der Waals surface area contributed by atoms with Gasteiger partial charge < -0.3 is 19.7 Å². The predicted molar refractivity (Wildman–Crippen MR) is 127 cm³/mol. The van der Waals surface area contributed by atoms with Crippen LogP contribution in [0.3, 0.4) is 0 Å². The summed E-state index contributed by atoms with van der Waals surface area (Å²) in [4.78, 5) is 27.4. The number of nitrogens with zero attached hydrogens (tertiary/aromatic N) is 1. The molecule has 3 aromatic rings. The van der Waals surface area contributed by atoms with Crippen LogP contribution in [0.15, 0.2) is 66.7 Å². The predicted octanol–water partition coefficient (Wildman–Crippen LogP) is 4.72. The highest BCUT2D eigenvalue weighted by Gasteiger charge is 2.30. The molecule has 0 bridgehead atoms. The molecule has 1 heterocycles. The fraction of sp³-hybridized carbons (Fsp3) is 0.259. The van der Waals surface area contributed by atoms with E-state index in [4.69, 9.17) is 9.47 Å². The first-order chi connectivity index (χ1) is 16.4. The minimum Gasteiger partial charge on any atom is -0.497 e. The molecule has 1 aliphatic heterocycles. The molecule has 7 heteroatoms. The SMILES string of the molecule is CCC1Oc2ccc(NC(=O)Cc3ccc(F)cc3)cc2CN(Cc2ccc(OC)cc2)C1=O. The lowest BCUT2D eigenvalue weighted by molar-refractivity contribution is -0.139. The Morgan fingerprint density at radius 2 is 1.79 bits per heavy atom. The third-order valence-electron chi connectivity index (χ3n) is 5.74. The van der Waals surface area contributed by atoms with Crippen LogP contribution in [-0.2, 0) is 29.1 Å². The van der Waals surface area contributed by atoms with Gasteiger partial charge in [0.15, 0.2) is 6.10 Å². The van der Waals surface area contributed by atoms with Crippen LogP contribution in [-0.4, -0.2) is 29.9 Å². The van der Waals surface area contributed by atoms with Gasteiger partial charge in [-0.25, -0.2) is 4.39 Å². The summed E-state index contributed by atoms with van der Waals surface area (Å²) in [6, 6.07) is 18.8. The topological polar surface area (TPSA) is 67.9 Å². The largest absolute Gasteiger partial charge is 0.497 e. The first kappa shape index (κ1) is 23.3. The Bertz CT molecular complexity index is 1160. The van der Waals surface area contributed by atoms with E-state index in [0.717, 1.165) is 22.4 Å². The van der Waals surface area contributed by atoms with Crippen LogP contribution in [0.4, 0.5) is 10.1 Å². The van der Waals surface area contributed by atoms with Crippen LogP contribution < -0.4 is 14.8 Å². The van der Waals surface area contributed by atoms with E-state index in [2.05, 4.69) is 5.32 Å². The quantitative estimate of drug-likeness (QED) is 0.552. The summed E-state index contributed by atoms with van der Waals surface area (Å²) >= 11 is 0. The number of rotatable bonds is 7. The van der Waals surface area contributed by atoms with Crippen LogP contribution in [0.25, 0.3) is 0 Å². The van der Waals surface area contributed by atoms with Gasteiger partial charge in [0.2, 0.25) is 5.91 Å². The first-order valence-electron chi connectivity index (χ1n) is 11.2.